The summed E-state index contributed by atoms with van der Waals surface area (Å²) in [7, 11) is 1.66. The van der Waals surface area contributed by atoms with Crippen LogP contribution in [-0.2, 0) is 23.8 Å². The first-order valence-electron chi connectivity index (χ1n) is 9.84. The molecule has 1 aromatic carbocycles. The minimum absolute atomic E-state index is 0.0772. The second kappa shape index (κ2) is 11.7. The normalized spacial score (nSPS) is 12.5. The second-order valence-electron chi connectivity index (χ2n) is 7.43. The minimum Gasteiger partial charge on any atom is -0.466 e. The first-order valence-corrected chi connectivity index (χ1v) is 11.5. The van der Waals surface area contributed by atoms with Crippen molar-refractivity contribution in [1.82, 2.24) is 0 Å². The molecule has 2 rings (SSSR count). The molecule has 9 heteroatoms. The molecule has 1 unspecified atom stereocenters. The summed E-state index contributed by atoms with van der Waals surface area (Å²) < 4.78 is 23.0. The first-order chi connectivity index (χ1) is 14.7. The van der Waals surface area contributed by atoms with E-state index in [1.165, 1.54) is 11.3 Å². The van der Waals surface area contributed by atoms with Gasteiger partial charge in [0.1, 0.15) is 12.0 Å². The van der Waals surface area contributed by atoms with Crippen LogP contribution in [0.1, 0.15) is 43.3 Å². The third-order valence-electron chi connectivity index (χ3n) is 4.71. The zero-order valence-electron chi connectivity index (χ0n) is 18.1. The molecule has 1 heterocycles. The lowest BCUT2D eigenvalue weighted by Gasteiger charge is -2.22. The van der Waals surface area contributed by atoms with Crippen LogP contribution in [0.3, 0.4) is 0 Å². The number of thiophene rings is 1. The Morgan fingerprint density at radius 2 is 2.00 bits per heavy atom. The summed E-state index contributed by atoms with van der Waals surface area (Å²) in [4.78, 5) is 36.1. The molecular weight excluding hydrogens is 488 g/mol. The number of fused-ring (bicyclic) bond motifs is 1. The number of carbonyl (C=O) groups excluding carboxylic acids is 3. The number of methoxy groups -OCH3 is 1. The Balaban J connectivity index is 2.05. The Labute approximate surface area is 194 Å². The van der Waals surface area contributed by atoms with Gasteiger partial charge in [0.25, 0.3) is 0 Å². The van der Waals surface area contributed by atoms with Crippen molar-refractivity contribution in [3.63, 3.8) is 0 Å². The predicted molar refractivity (Wildman–Crippen MR) is 122 cm³/mol. The molecule has 1 atom stereocenters. The molecular formula is C22H27BrO7S. The monoisotopic (exact) mass is 514 g/mol. The number of hydrogen-bond acceptors (Lipinski definition) is 8. The molecule has 7 nitrogen and oxygen atoms in total. The van der Waals surface area contributed by atoms with Crippen LogP contribution < -0.4 is 4.74 Å². The third kappa shape index (κ3) is 7.38. The molecule has 0 fully saturated rings. The highest BCUT2D eigenvalue weighted by Gasteiger charge is 2.25. The van der Waals surface area contributed by atoms with Crippen molar-refractivity contribution in [2.45, 2.75) is 39.2 Å². The maximum Gasteiger partial charge on any atom is 0.306 e. The molecule has 0 spiro atoms. The van der Waals surface area contributed by atoms with Crippen molar-refractivity contribution in [2.75, 3.05) is 27.1 Å². The third-order valence-corrected chi connectivity index (χ3v) is 6.44. The summed E-state index contributed by atoms with van der Waals surface area (Å²) in [5.41, 5.74) is -0.258. The van der Waals surface area contributed by atoms with E-state index in [1.54, 1.807) is 20.1 Å². The van der Waals surface area contributed by atoms with Crippen molar-refractivity contribution in [1.29, 1.82) is 0 Å². The fourth-order valence-corrected chi connectivity index (χ4v) is 4.19. The van der Waals surface area contributed by atoms with Gasteiger partial charge in [0.2, 0.25) is 0 Å². The van der Waals surface area contributed by atoms with Gasteiger partial charge in [-0.1, -0.05) is 0 Å². The number of rotatable bonds is 13. The Kier molecular flexibility index (Phi) is 9.61. The van der Waals surface area contributed by atoms with Gasteiger partial charge in [-0.05, 0) is 66.7 Å². The average molecular weight is 515 g/mol. The van der Waals surface area contributed by atoms with E-state index in [0.29, 0.717) is 23.5 Å². The van der Waals surface area contributed by atoms with Crippen LogP contribution in [0.2, 0.25) is 0 Å². The number of carbonyl (C=O) groups is 3. The summed E-state index contributed by atoms with van der Waals surface area (Å²) in [5, 5.41) is 0.830. The zero-order valence-corrected chi connectivity index (χ0v) is 20.5. The van der Waals surface area contributed by atoms with Gasteiger partial charge in [0.15, 0.2) is 12.6 Å². The lowest BCUT2D eigenvalue weighted by atomic mass is 10.0. The van der Waals surface area contributed by atoms with E-state index >= 15 is 0 Å². The van der Waals surface area contributed by atoms with Crippen LogP contribution in [0.25, 0.3) is 10.1 Å². The lowest BCUT2D eigenvalue weighted by Crippen LogP contribution is -2.24. The minimum atomic E-state index is -1.06. The first kappa shape index (κ1) is 25.5. The number of Topliss-reactive ketones (excluding diaryl/α,β-unsaturated/α-hetero) is 1. The summed E-state index contributed by atoms with van der Waals surface area (Å²) in [6, 6.07) is 5.36. The number of esters is 1. The molecule has 2 aromatic rings. The molecule has 170 valence electrons. The topological polar surface area (TPSA) is 88.1 Å². The van der Waals surface area contributed by atoms with Crippen LogP contribution in [0.4, 0.5) is 0 Å². The fourth-order valence-electron chi connectivity index (χ4n) is 2.64. The highest BCUT2D eigenvalue weighted by molar-refractivity contribution is 9.10. The second-order valence-corrected chi connectivity index (χ2v) is 9.37. The molecule has 0 bridgehead atoms. The van der Waals surface area contributed by atoms with Crippen LogP contribution in [0.15, 0.2) is 22.7 Å². The van der Waals surface area contributed by atoms with Gasteiger partial charge in [-0.3, -0.25) is 9.59 Å². The van der Waals surface area contributed by atoms with Gasteiger partial charge in [0, 0.05) is 11.8 Å². The highest BCUT2D eigenvalue weighted by Crippen LogP contribution is 2.36. The maximum atomic E-state index is 12.7. The molecule has 0 saturated carbocycles. The SMILES string of the molecule is CCOC(=O)CC(C=O)C(=O)c1cc2cc(Br)c(OCOCCC(C)(C)OC)cc2s1. The van der Waals surface area contributed by atoms with Crippen LogP contribution in [0, 0.1) is 5.92 Å². The van der Waals surface area contributed by atoms with Crippen molar-refractivity contribution >= 4 is 55.4 Å². The number of hydrogen-bond donors (Lipinski definition) is 0. The van der Waals surface area contributed by atoms with E-state index in [-0.39, 0.29) is 25.4 Å². The molecule has 31 heavy (non-hydrogen) atoms. The number of benzene rings is 1. The standard InChI is InChI=1S/C22H27BrO7S/c1-5-29-20(25)10-15(12-24)21(26)19-9-14-8-16(23)17(11-18(14)31-19)30-13-28-7-6-22(2,3)27-4/h8-9,11-12,15H,5-7,10,13H2,1-4H3. The van der Waals surface area contributed by atoms with E-state index in [4.69, 9.17) is 18.9 Å². The Morgan fingerprint density at radius 1 is 1.26 bits per heavy atom. The van der Waals surface area contributed by atoms with E-state index in [9.17, 15) is 14.4 Å². The Hall–Kier alpha value is -1.81. The quantitative estimate of drug-likeness (QED) is 0.0947. The van der Waals surface area contributed by atoms with Crippen LogP contribution >= 0.6 is 27.3 Å². The molecule has 0 aliphatic rings. The van der Waals surface area contributed by atoms with Gasteiger partial charge < -0.3 is 23.7 Å². The predicted octanol–water partition coefficient (Wildman–Crippen LogP) is 4.78. The molecule has 0 saturated heterocycles. The van der Waals surface area contributed by atoms with Gasteiger partial charge in [-0.2, -0.15) is 0 Å². The largest absolute Gasteiger partial charge is 0.466 e. The van der Waals surface area contributed by atoms with E-state index in [0.717, 1.165) is 21.0 Å². The molecule has 0 aliphatic heterocycles. The Morgan fingerprint density at radius 3 is 2.65 bits per heavy atom. The van der Waals surface area contributed by atoms with Crippen LogP contribution in [0.5, 0.6) is 5.75 Å². The number of halogens is 1. The maximum absolute atomic E-state index is 12.7. The highest BCUT2D eigenvalue weighted by atomic mass is 79.9. The Bertz CT molecular complexity index is 922. The number of ketones is 1. The molecule has 0 radical (unpaired) electrons. The van der Waals surface area contributed by atoms with Gasteiger partial charge in [-0.15, -0.1) is 11.3 Å². The van der Waals surface area contributed by atoms with Gasteiger partial charge >= 0.3 is 5.97 Å². The van der Waals surface area contributed by atoms with Crippen molar-refractivity contribution in [3.05, 3.63) is 27.5 Å². The smallest absolute Gasteiger partial charge is 0.306 e. The molecule has 0 N–H and O–H groups in total. The van der Waals surface area contributed by atoms with Crippen molar-refractivity contribution in [3.8, 4) is 5.75 Å². The fraction of sp³-hybridized carbons (Fsp3) is 0.500. The number of aldehydes is 1. The molecule has 1 aromatic heterocycles. The summed E-state index contributed by atoms with van der Waals surface area (Å²) in [6.07, 6.45) is 0.961. The van der Waals surface area contributed by atoms with E-state index in [1.807, 2.05) is 26.0 Å². The van der Waals surface area contributed by atoms with Crippen LogP contribution in [-0.4, -0.2) is 50.8 Å². The van der Waals surface area contributed by atoms with Crippen molar-refractivity contribution in [2.24, 2.45) is 5.92 Å². The molecule has 0 aliphatic carbocycles. The lowest BCUT2D eigenvalue weighted by molar-refractivity contribution is -0.144. The van der Waals surface area contributed by atoms with Gasteiger partial charge in [0.05, 0.1) is 40.5 Å². The van der Waals surface area contributed by atoms with E-state index in [2.05, 4.69) is 15.9 Å². The summed E-state index contributed by atoms with van der Waals surface area (Å²) in [5.74, 6) is -1.44. The zero-order chi connectivity index (χ0) is 23.0. The van der Waals surface area contributed by atoms with E-state index < -0.39 is 17.7 Å². The van der Waals surface area contributed by atoms with Crippen molar-refractivity contribution < 1.29 is 33.3 Å². The average Bonchev–Trinajstić information content (AvgIpc) is 3.14. The summed E-state index contributed by atoms with van der Waals surface area (Å²) in [6.45, 7) is 6.41. The summed E-state index contributed by atoms with van der Waals surface area (Å²) >= 11 is 4.71. The number of ether oxygens (including phenoxy) is 4. The van der Waals surface area contributed by atoms with Gasteiger partial charge in [-0.25, -0.2) is 0 Å². The molecule has 0 amide bonds.